The Morgan fingerprint density at radius 2 is 1.94 bits per heavy atom. The molecule has 35 heavy (non-hydrogen) atoms. The van der Waals surface area contributed by atoms with Crippen LogP contribution in [0.15, 0.2) is 60.9 Å². The van der Waals surface area contributed by atoms with Crippen molar-refractivity contribution in [1.29, 1.82) is 0 Å². The first kappa shape index (κ1) is 22.1. The monoisotopic (exact) mass is 468 g/mol. The number of aryl methyl sites for hydroxylation is 2. The lowest BCUT2D eigenvalue weighted by Crippen LogP contribution is -2.26. The fourth-order valence-electron chi connectivity index (χ4n) is 3.70. The van der Waals surface area contributed by atoms with Gasteiger partial charge in [0.25, 0.3) is 5.91 Å². The number of amides is 1. The molecule has 5 rings (SSSR count). The highest BCUT2D eigenvalue weighted by Crippen LogP contribution is 2.31. The Morgan fingerprint density at radius 3 is 2.71 bits per heavy atom. The number of fused-ring (bicyclic) bond motifs is 1. The Bertz CT molecular complexity index is 1580. The van der Waals surface area contributed by atoms with Gasteiger partial charge >= 0.3 is 0 Å². The zero-order valence-corrected chi connectivity index (χ0v) is 19.0. The minimum Gasteiger partial charge on any atom is -0.382 e. The minimum atomic E-state index is -0.639. The highest BCUT2D eigenvalue weighted by atomic mass is 19.1. The van der Waals surface area contributed by atoms with E-state index < -0.39 is 11.9 Å². The van der Waals surface area contributed by atoms with E-state index in [0.29, 0.717) is 22.8 Å². The molecule has 0 spiro atoms. The topological polar surface area (TPSA) is 124 Å². The fourth-order valence-corrected chi connectivity index (χ4v) is 3.70. The van der Waals surface area contributed by atoms with Gasteiger partial charge in [0.1, 0.15) is 11.4 Å². The van der Waals surface area contributed by atoms with Crippen LogP contribution in [0.4, 0.5) is 10.2 Å². The molecule has 174 valence electrons. The van der Waals surface area contributed by atoms with Crippen LogP contribution in [0.1, 0.15) is 21.7 Å². The van der Waals surface area contributed by atoms with Gasteiger partial charge in [-0.2, -0.15) is 9.49 Å². The molecular formula is C25H21FN8O. The Kier molecular flexibility index (Phi) is 5.61. The second kappa shape index (κ2) is 8.90. The molecule has 3 N–H and O–H groups in total. The molecule has 4 heterocycles. The van der Waals surface area contributed by atoms with Crippen molar-refractivity contribution in [3.05, 3.63) is 83.8 Å². The lowest BCUT2D eigenvalue weighted by molar-refractivity contribution is 0.0946. The van der Waals surface area contributed by atoms with E-state index in [0.717, 1.165) is 16.5 Å². The lowest BCUT2D eigenvalue weighted by Gasteiger charge is -2.13. The predicted octanol–water partition coefficient (Wildman–Crippen LogP) is 3.45. The zero-order chi connectivity index (χ0) is 24.5. The number of rotatable bonds is 5. The molecule has 0 aliphatic rings. The molecule has 5 aromatic rings. The fraction of sp³-hybridized carbons (Fsp3) is 0.120. The van der Waals surface area contributed by atoms with Crippen molar-refractivity contribution in [2.45, 2.75) is 13.5 Å². The smallest absolute Gasteiger partial charge is 0.274 e. The van der Waals surface area contributed by atoms with E-state index in [2.05, 4.69) is 30.4 Å². The van der Waals surface area contributed by atoms with E-state index in [-0.39, 0.29) is 23.6 Å². The van der Waals surface area contributed by atoms with Crippen LogP contribution in [0.2, 0.25) is 0 Å². The van der Waals surface area contributed by atoms with Crippen molar-refractivity contribution in [3.8, 4) is 22.6 Å². The summed E-state index contributed by atoms with van der Waals surface area (Å²) in [5.41, 5.74) is 9.89. The molecule has 0 fully saturated rings. The van der Waals surface area contributed by atoms with Crippen LogP contribution in [-0.4, -0.2) is 35.6 Å². The van der Waals surface area contributed by atoms with E-state index in [1.807, 2.05) is 30.3 Å². The maximum atomic E-state index is 14.1. The summed E-state index contributed by atoms with van der Waals surface area (Å²) >= 11 is 0. The Hall–Kier alpha value is -4.73. The number of benzene rings is 1. The molecule has 0 saturated heterocycles. The van der Waals surface area contributed by atoms with Crippen molar-refractivity contribution in [2.24, 2.45) is 7.05 Å². The van der Waals surface area contributed by atoms with Crippen molar-refractivity contribution in [2.75, 3.05) is 5.73 Å². The van der Waals surface area contributed by atoms with Crippen LogP contribution in [0.3, 0.4) is 0 Å². The summed E-state index contributed by atoms with van der Waals surface area (Å²) in [5.74, 6) is -1.27. The first-order valence-electron chi connectivity index (χ1n) is 10.8. The third-order valence-electron chi connectivity index (χ3n) is 5.48. The highest BCUT2D eigenvalue weighted by Gasteiger charge is 2.21. The van der Waals surface area contributed by atoms with Crippen molar-refractivity contribution >= 4 is 22.6 Å². The van der Waals surface area contributed by atoms with Crippen LogP contribution < -0.4 is 11.1 Å². The van der Waals surface area contributed by atoms with Crippen LogP contribution in [-0.2, 0) is 13.6 Å². The van der Waals surface area contributed by atoms with Gasteiger partial charge < -0.3 is 11.1 Å². The SMILES string of the molecule is Cc1ccc(CNC(=O)c2nc(-c3ccc4ncccc4c3)c(-c3ccn(C)n3)nc2N)c(F)n1. The molecular weight excluding hydrogens is 447 g/mol. The molecule has 9 nitrogen and oxygen atoms in total. The number of carbonyl (C=O) groups is 1. The second-order valence-electron chi connectivity index (χ2n) is 8.03. The van der Waals surface area contributed by atoms with Gasteiger partial charge in [-0.1, -0.05) is 18.2 Å². The van der Waals surface area contributed by atoms with Crippen LogP contribution >= 0.6 is 0 Å². The largest absolute Gasteiger partial charge is 0.382 e. The van der Waals surface area contributed by atoms with Crippen molar-refractivity contribution < 1.29 is 9.18 Å². The number of aromatic nitrogens is 6. The van der Waals surface area contributed by atoms with E-state index in [1.165, 1.54) is 0 Å². The summed E-state index contributed by atoms with van der Waals surface area (Å²) in [6.07, 6.45) is 3.51. The molecule has 10 heteroatoms. The van der Waals surface area contributed by atoms with Crippen molar-refractivity contribution in [3.63, 3.8) is 0 Å². The molecule has 0 radical (unpaired) electrons. The van der Waals surface area contributed by atoms with Gasteiger partial charge in [0, 0.05) is 48.2 Å². The van der Waals surface area contributed by atoms with Gasteiger partial charge in [0.15, 0.2) is 11.5 Å². The van der Waals surface area contributed by atoms with Gasteiger partial charge in [0.05, 0.1) is 11.2 Å². The van der Waals surface area contributed by atoms with E-state index in [9.17, 15) is 9.18 Å². The van der Waals surface area contributed by atoms with Gasteiger partial charge in [-0.25, -0.2) is 15.0 Å². The number of nitrogens with two attached hydrogens (primary N) is 1. The third kappa shape index (κ3) is 4.41. The van der Waals surface area contributed by atoms with Crippen LogP contribution in [0.5, 0.6) is 0 Å². The molecule has 0 aliphatic heterocycles. The predicted molar refractivity (Wildman–Crippen MR) is 129 cm³/mol. The normalized spacial score (nSPS) is 11.1. The molecule has 0 saturated carbocycles. The molecule has 1 amide bonds. The first-order chi connectivity index (χ1) is 16.9. The number of nitrogen functional groups attached to an aromatic ring is 1. The molecule has 0 unspecified atom stereocenters. The zero-order valence-electron chi connectivity index (χ0n) is 19.0. The number of pyridine rings is 2. The lowest BCUT2D eigenvalue weighted by atomic mass is 10.0. The van der Waals surface area contributed by atoms with Gasteiger partial charge in [-0.15, -0.1) is 0 Å². The van der Waals surface area contributed by atoms with E-state index in [4.69, 9.17) is 5.73 Å². The number of hydrogen-bond acceptors (Lipinski definition) is 7. The molecule has 4 aromatic heterocycles. The maximum absolute atomic E-state index is 14.1. The Labute approximate surface area is 199 Å². The first-order valence-corrected chi connectivity index (χ1v) is 10.8. The quantitative estimate of drug-likeness (QED) is 0.379. The number of halogens is 1. The average molecular weight is 468 g/mol. The van der Waals surface area contributed by atoms with E-state index >= 15 is 0 Å². The standard InChI is InChI=1S/C25H21FN8O/c1-14-5-6-17(23(26)30-14)13-29-25(35)22-24(27)32-21(19-9-11-34(2)33-19)20(31-22)16-7-8-18-15(12-16)4-3-10-28-18/h3-12H,13H2,1-2H3,(H2,27,32)(H,29,35). The third-order valence-corrected chi connectivity index (χ3v) is 5.48. The van der Waals surface area contributed by atoms with Crippen molar-refractivity contribution in [1.82, 2.24) is 35.0 Å². The number of carbonyl (C=O) groups excluding carboxylic acids is 1. The van der Waals surface area contributed by atoms with Crippen LogP contribution in [0.25, 0.3) is 33.5 Å². The highest BCUT2D eigenvalue weighted by molar-refractivity contribution is 5.98. The van der Waals surface area contributed by atoms with Gasteiger partial charge in [-0.05, 0) is 37.3 Å². The molecule has 0 aliphatic carbocycles. The summed E-state index contributed by atoms with van der Waals surface area (Å²) < 4.78 is 15.8. The number of anilines is 1. The molecule has 0 atom stereocenters. The Morgan fingerprint density at radius 1 is 1.09 bits per heavy atom. The van der Waals surface area contributed by atoms with Gasteiger partial charge in [0.2, 0.25) is 5.95 Å². The summed E-state index contributed by atoms with van der Waals surface area (Å²) in [6, 6.07) is 14.5. The molecule has 1 aromatic carbocycles. The average Bonchev–Trinajstić information content (AvgIpc) is 3.29. The summed E-state index contributed by atoms with van der Waals surface area (Å²) in [7, 11) is 1.79. The minimum absolute atomic E-state index is 0.0585. The number of nitrogens with one attached hydrogen (secondary N) is 1. The summed E-state index contributed by atoms with van der Waals surface area (Å²) in [4.78, 5) is 30.2. The Balaban J connectivity index is 1.56. The maximum Gasteiger partial charge on any atom is 0.274 e. The molecule has 0 bridgehead atoms. The number of nitrogens with zero attached hydrogens (tertiary/aromatic N) is 6. The summed E-state index contributed by atoms with van der Waals surface area (Å²) in [5, 5.41) is 8.00. The van der Waals surface area contributed by atoms with Crippen LogP contribution in [0, 0.1) is 12.9 Å². The van der Waals surface area contributed by atoms with E-state index in [1.54, 1.807) is 49.2 Å². The second-order valence-corrected chi connectivity index (χ2v) is 8.03. The van der Waals surface area contributed by atoms with Gasteiger partial charge in [-0.3, -0.25) is 14.5 Å². The number of hydrogen-bond donors (Lipinski definition) is 2. The summed E-state index contributed by atoms with van der Waals surface area (Å²) in [6.45, 7) is 1.62.